The summed E-state index contributed by atoms with van der Waals surface area (Å²) in [5, 5.41) is 0. The number of hydrogen-bond donors (Lipinski definition) is 0. The number of rotatable bonds is 5. The van der Waals surface area contributed by atoms with Gasteiger partial charge in [0.05, 0.1) is 45.1 Å². The maximum atomic E-state index is 13.9. The smallest absolute Gasteiger partial charge is 0.312 e. The van der Waals surface area contributed by atoms with Gasteiger partial charge in [0.2, 0.25) is 11.8 Å². The lowest BCUT2D eigenvalue weighted by Gasteiger charge is -2.46. The fraction of sp³-hybridized carbons (Fsp3) is 0.458. The molecule has 0 bridgehead atoms. The monoisotopic (exact) mass is 454 g/mol. The highest BCUT2D eigenvalue weighted by molar-refractivity contribution is 6.02. The molecular formula is C24H26N2O7. The summed E-state index contributed by atoms with van der Waals surface area (Å²) in [6.07, 6.45) is 1.52. The van der Waals surface area contributed by atoms with E-state index in [9.17, 15) is 14.4 Å². The van der Waals surface area contributed by atoms with Gasteiger partial charge >= 0.3 is 5.97 Å². The minimum atomic E-state index is -1.42. The van der Waals surface area contributed by atoms with Gasteiger partial charge in [0, 0.05) is 11.5 Å². The van der Waals surface area contributed by atoms with E-state index in [-0.39, 0.29) is 38.1 Å². The fourth-order valence-corrected chi connectivity index (χ4v) is 5.62. The van der Waals surface area contributed by atoms with Crippen LogP contribution >= 0.6 is 0 Å². The lowest BCUT2D eigenvalue weighted by atomic mass is 9.77. The van der Waals surface area contributed by atoms with Crippen molar-refractivity contribution in [2.24, 2.45) is 11.8 Å². The highest BCUT2D eigenvalue weighted by Gasteiger charge is 2.69. The summed E-state index contributed by atoms with van der Waals surface area (Å²) in [7, 11) is 1.56. The van der Waals surface area contributed by atoms with Crippen molar-refractivity contribution in [2.45, 2.75) is 32.0 Å². The van der Waals surface area contributed by atoms with E-state index in [2.05, 4.69) is 0 Å². The minimum Gasteiger partial charge on any atom is -0.497 e. The summed E-state index contributed by atoms with van der Waals surface area (Å²) < 4.78 is 22.2. The molecule has 0 spiro atoms. The van der Waals surface area contributed by atoms with Crippen LogP contribution in [-0.2, 0) is 25.7 Å². The molecule has 4 atom stereocenters. The van der Waals surface area contributed by atoms with E-state index < -0.39 is 29.4 Å². The molecule has 9 heteroatoms. The predicted molar refractivity (Wildman–Crippen MR) is 114 cm³/mol. The van der Waals surface area contributed by atoms with Gasteiger partial charge in [-0.1, -0.05) is 0 Å². The Labute approximate surface area is 191 Å². The molecule has 3 aliphatic heterocycles. The summed E-state index contributed by atoms with van der Waals surface area (Å²) in [6.45, 7) is 3.80. The Hall–Kier alpha value is -3.49. The number of nitrogens with zero attached hydrogens (tertiary/aromatic N) is 2. The van der Waals surface area contributed by atoms with Gasteiger partial charge in [-0.2, -0.15) is 0 Å². The maximum Gasteiger partial charge on any atom is 0.312 e. The molecule has 2 fully saturated rings. The standard InChI is InChI=1S/C24H26N2O7/c1-4-31-22(28)20-17-13-33-18-8-7-14(30-3)10-16(18)21(17)26-19(27)12-25(23(29)24(20,26)2)11-15-6-5-9-32-15/h5-10,17,20-21H,4,11-13H2,1-3H3/t17?,20?,21?,24-/m1/s1. The fourth-order valence-electron chi connectivity index (χ4n) is 5.62. The Kier molecular flexibility index (Phi) is 5.07. The first-order chi connectivity index (χ1) is 15.9. The Morgan fingerprint density at radius 3 is 2.79 bits per heavy atom. The third-order valence-corrected chi connectivity index (χ3v) is 6.97. The first-order valence-electron chi connectivity index (χ1n) is 11.0. The summed E-state index contributed by atoms with van der Waals surface area (Å²) in [5.41, 5.74) is -0.693. The number of furan rings is 1. The van der Waals surface area contributed by atoms with Gasteiger partial charge in [0.15, 0.2) is 0 Å². The van der Waals surface area contributed by atoms with E-state index >= 15 is 0 Å². The van der Waals surface area contributed by atoms with Crippen LogP contribution in [-0.4, -0.2) is 60.0 Å². The van der Waals surface area contributed by atoms with Crippen molar-refractivity contribution >= 4 is 17.8 Å². The van der Waals surface area contributed by atoms with Crippen LogP contribution in [0.15, 0.2) is 41.0 Å². The molecule has 5 rings (SSSR count). The molecule has 3 unspecified atom stereocenters. The average Bonchev–Trinajstić information content (AvgIpc) is 3.41. The third-order valence-electron chi connectivity index (χ3n) is 6.97. The van der Waals surface area contributed by atoms with Gasteiger partial charge in [0.1, 0.15) is 29.3 Å². The number of fused-ring (bicyclic) bond motifs is 5. The second kappa shape index (κ2) is 7.83. The molecule has 174 valence electrons. The van der Waals surface area contributed by atoms with E-state index in [4.69, 9.17) is 18.6 Å². The predicted octanol–water partition coefficient (Wildman–Crippen LogP) is 2.16. The van der Waals surface area contributed by atoms with Gasteiger partial charge < -0.3 is 28.4 Å². The SMILES string of the molecule is CCOC(=O)C1C2COc3ccc(OC)cc3C2N2C(=O)CN(Cc3ccco3)C(=O)[C@@]12C. The van der Waals surface area contributed by atoms with Crippen LogP contribution in [0.5, 0.6) is 11.5 Å². The highest BCUT2D eigenvalue weighted by Crippen LogP contribution is 2.57. The first-order valence-corrected chi connectivity index (χ1v) is 11.0. The van der Waals surface area contributed by atoms with E-state index in [0.717, 1.165) is 5.56 Å². The molecule has 0 N–H and O–H groups in total. The zero-order chi connectivity index (χ0) is 23.3. The molecule has 3 aliphatic rings. The van der Waals surface area contributed by atoms with Crippen LogP contribution in [0, 0.1) is 11.8 Å². The Morgan fingerprint density at radius 2 is 2.09 bits per heavy atom. The van der Waals surface area contributed by atoms with E-state index in [1.54, 1.807) is 50.1 Å². The zero-order valence-electron chi connectivity index (χ0n) is 18.8. The topological polar surface area (TPSA) is 98.5 Å². The quantitative estimate of drug-likeness (QED) is 0.639. The number of carbonyl (C=O) groups excluding carboxylic acids is 3. The zero-order valence-corrected chi connectivity index (χ0v) is 18.8. The van der Waals surface area contributed by atoms with Crippen molar-refractivity contribution in [3.63, 3.8) is 0 Å². The van der Waals surface area contributed by atoms with Gasteiger partial charge in [-0.25, -0.2) is 0 Å². The average molecular weight is 454 g/mol. The summed E-state index contributed by atoms with van der Waals surface area (Å²) >= 11 is 0. The number of ether oxygens (including phenoxy) is 3. The van der Waals surface area contributed by atoms with Crippen molar-refractivity contribution in [3.8, 4) is 11.5 Å². The van der Waals surface area contributed by atoms with E-state index in [1.165, 1.54) is 11.2 Å². The number of amides is 2. The second-order valence-corrected chi connectivity index (χ2v) is 8.71. The van der Waals surface area contributed by atoms with Crippen LogP contribution in [0.2, 0.25) is 0 Å². The molecule has 0 saturated carbocycles. The van der Waals surface area contributed by atoms with Gasteiger partial charge in [-0.05, 0) is 44.2 Å². The number of piperazine rings is 1. The van der Waals surface area contributed by atoms with Crippen LogP contribution in [0.3, 0.4) is 0 Å². The van der Waals surface area contributed by atoms with Crippen LogP contribution in [0.4, 0.5) is 0 Å². The van der Waals surface area contributed by atoms with Gasteiger partial charge in [-0.3, -0.25) is 14.4 Å². The lowest BCUT2D eigenvalue weighted by molar-refractivity contribution is -0.171. The Morgan fingerprint density at radius 1 is 1.27 bits per heavy atom. The Balaban J connectivity index is 1.62. The van der Waals surface area contributed by atoms with Crippen LogP contribution in [0.25, 0.3) is 0 Å². The third kappa shape index (κ3) is 3.09. The molecule has 1 aromatic carbocycles. The Bertz CT molecular complexity index is 1100. The van der Waals surface area contributed by atoms with Crippen LogP contribution < -0.4 is 9.47 Å². The molecule has 0 aliphatic carbocycles. The molecule has 9 nitrogen and oxygen atoms in total. The summed E-state index contributed by atoms with van der Waals surface area (Å²) in [4.78, 5) is 43.8. The number of esters is 1. The number of carbonyl (C=O) groups is 3. The summed E-state index contributed by atoms with van der Waals surface area (Å²) in [5.74, 6) is -0.584. The molecule has 33 heavy (non-hydrogen) atoms. The first kappa shape index (κ1) is 21.4. The van der Waals surface area contributed by atoms with E-state index in [0.29, 0.717) is 17.3 Å². The molecule has 2 aromatic rings. The molecule has 2 amide bonds. The van der Waals surface area contributed by atoms with Crippen molar-refractivity contribution in [3.05, 3.63) is 47.9 Å². The molecule has 0 radical (unpaired) electrons. The molecule has 2 saturated heterocycles. The van der Waals surface area contributed by atoms with E-state index in [1.807, 2.05) is 6.07 Å². The lowest BCUT2D eigenvalue weighted by Crippen LogP contribution is -2.67. The van der Waals surface area contributed by atoms with Crippen molar-refractivity contribution in [1.29, 1.82) is 0 Å². The van der Waals surface area contributed by atoms with Crippen molar-refractivity contribution < 1.29 is 33.0 Å². The molecular weight excluding hydrogens is 428 g/mol. The number of benzene rings is 1. The minimum absolute atomic E-state index is 0.103. The maximum absolute atomic E-state index is 13.9. The second-order valence-electron chi connectivity index (χ2n) is 8.71. The van der Waals surface area contributed by atoms with Crippen LogP contribution in [0.1, 0.15) is 31.2 Å². The summed E-state index contributed by atoms with van der Waals surface area (Å²) in [6, 6.07) is 8.36. The normalized spacial score (nSPS) is 28.0. The van der Waals surface area contributed by atoms with Crippen molar-refractivity contribution in [1.82, 2.24) is 9.80 Å². The number of hydrogen-bond acceptors (Lipinski definition) is 7. The molecule has 4 heterocycles. The van der Waals surface area contributed by atoms with Gasteiger partial charge in [-0.15, -0.1) is 0 Å². The van der Waals surface area contributed by atoms with Crippen molar-refractivity contribution in [2.75, 3.05) is 26.9 Å². The molecule has 1 aromatic heterocycles. The van der Waals surface area contributed by atoms with Gasteiger partial charge in [0.25, 0.3) is 0 Å². The number of methoxy groups -OCH3 is 1. The largest absolute Gasteiger partial charge is 0.497 e. The highest BCUT2D eigenvalue weighted by atomic mass is 16.5.